The van der Waals surface area contributed by atoms with E-state index in [1.54, 1.807) is 11.0 Å². The van der Waals surface area contributed by atoms with E-state index in [-0.39, 0.29) is 11.9 Å². The van der Waals surface area contributed by atoms with Gasteiger partial charge in [-0.15, -0.1) is 11.3 Å². The zero-order valence-electron chi connectivity index (χ0n) is 11.3. The summed E-state index contributed by atoms with van der Waals surface area (Å²) >= 11 is 1.39. The molecule has 1 aromatic heterocycles. The van der Waals surface area contributed by atoms with Crippen LogP contribution < -0.4 is 0 Å². The summed E-state index contributed by atoms with van der Waals surface area (Å²) in [6.07, 6.45) is 5.92. The zero-order chi connectivity index (χ0) is 14.1. The van der Waals surface area contributed by atoms with Crippen LogP contribution in [-0.4, -0.2) is 34.0 Å². The maximum atomic E-state index is 12.7. The van der Waals surface area contributed by atoms with Crippen molar-refractivity contribution in [2.75, 3.05) is 0 Å². The molecule has 0 aromatic carbocycles. The van der Waals surface area contributed by atoms with Gasteiger partial charge in [0.1, 0.15) is 6.04 Å². The molecule has 1 aliphatic heterocycles. The van der Waals surface area contributed by atoms with E-state index in [2.05, 4.69) is 0 Å². The molecule has 1 amide bonds. The maximum absolute atomic E-state index is 12.7. The van der Waals surface area contributed by atoms with Crippen LogP contribution in [-0.2, 0) is 4.79 Å². The molecule has 3 rings (SSSR count). The van der Waals surface area contributed by atoms with Crippen LogP contribution in [0.4, 0.5) is 0 Å². The Morgan fingerprint density at radius 2 is 2.00 bits per heavy atom. The van der Waals surface area contributed by atoms with Crippen LogP contribution in [0.15, 0.2) is 17.5 Å². The fourth-order valence-corrected chi connectivity index (χ4v) is 4.36. The Bertz CT molecular complexity index is 499. The lowest BCUT2D eigenvalue weighted by Crippen LogP contribution is -2.57. The molecule has 3 atom stereocenters. The fourth-order valence-electron chi connectivity index (χ4n) is 3.70. The predicted molar refractivity (Wildman–Crippen MR) is 76.9 cm³/mol. The number of carboxylic acids is 1. The van der Waals surface area contributed by atoms with Gasteiger partial charge in [-0.2, -0.15) is 0 Å². The number of rotatable bonds is 2. The molecule has 1 aromatic rings. The van der Waals surface area contributed by atoms with Gasteiger partial charge >= 0.3 is 5.97 Å². The molecule has 4 nitrogen and oxygen atoms in total. The second kappa shape index (κ2) is 5.56. The molecule has 0 bridgehead atoms. The van der Waals surface area contributed by atoms with Crippen molar-refractivity contribution in [1.82, 2.24) is 4.90 Å². The van der Waals surface area contributed by atoms with Crippen molar-refractivity contribution < 1.29 is 14.7 Å². The Kier molecular flexibility index (Phi) is 3.78. The Labute approximate surface area is 122 Å². The molecular formula is C15H19NO3S. The Balaban J connectivity index is 1.91. The van der Waals surface area contributed by atoms with E-state index >= 15 is 0 Å². The molecule has 5 heteroatoms. The van der Waals surface area contributed by atoms with Crippen LogP contribution in [0.1, 0.15) is 48.2 Å². The molecular weight excluding hydrogens is 274 g/mol. The molecule has 0 radical (unpaired) electrons. The van der Waals surface area contributed by atoms with Crippen LogP contribution in [0.5, 0.6) is 0 Å². The smallest absolute Gasteiger partial charge is 0.326 e. The average Bonchev–Trinajstić information content (AvgIpc) is 2.99. The number of carbonyl (C=O) groups is 2. The van der Waals surface area contributed by atoms with Crippen molar-refractivity contribution in [1.29, 1.82) is 0 Å². The van der Waals surface area contributed by atoms with Crippen molar-refractivity contribution >= 4 is 23.2 Å². The van der Waals surface area contributed by atoms with Crippen molar-refractivity contribution in [3.05, 3.63) is 22.4 Å². The first-order chi connectivity index (χ1) is 9.68. The van der Waals surface area contributed by atoms with Crippen LogP contribution in [0.3, 0.4) is 0 Å². The number of hydrogen-bond acceptors (Lipinski definition) is 3. The monoisotopic (exact) mass is 293 g/mol. The first kappa shape index (κ1) is 13.6. The highest BCUT2D eigenvalue weighted by molar-refractivity contribution is 7.12. The second-order valence-electron chi connectivity index (χ2n) is 5.73. The van der Waals surface area contributed by atoms with Crippen LogP contribution in [0, 0.1) is 5.92 Å². The van der Waals surface area contributed by atoms with Crippen molar-refractivity contribution in [3.8, 4) is 0 Å². The topological polar surface area (TPSA) is 57.6 Å². The zero-order valence-corrected chi connectivity index (χ0v) is 12.1. The Morgan fingerprint density at radius 3 is 2.70 bits per heavy atom. The molecule has 20 heavy (non-hydrogen) atoms. The second-order valence-corrected chi connectivity index (χ2v) is 6.68. The van der Waals surface area contributed by atoms with Gasteiger partial charge in [0.05, 0.1) is 4.88 Å². The van der Waals surface area contributed by atoms with Crippen LogP contribution >= 0.6 is 11.3 Å². The molecule has 108 valence electrons. The number of hydrogen-bond donors (Lipinski definition) is 1. The molecule has 0 spiro atoms. The molecule has 2 aliphatic rings. The fraction of sp³-hybridized carbons (Fsp3) is 0.600. The molecule has 1 saturated carbocycles. The summed E-state index contributed by atoms with van der Waals surface area (Å²) in [4.78, 5) is 26.6. The van der Waals surface area contributed by atoms with E-state index in [1.807, 2.05) is 11.4 Å². The number of piperidine rings is 1. The molecule has 1 saturated heterocycles. The highest BCUT2D eigenvalue weighted by Gasteiger charge is 2.44. The van der Waals surface area contributed by atoms with E-state index in [9.17, 15) is 14.7 Å². The summed E-state index contributed by atoms with van der Waals surface area (Å²) in [5.41, 5.74) is 0. The van der Waals surface area contributed by atoms with Gasteiger partial charge < -0.3 is 10.0 Å². The average molecular weight is 293 g/mol. The van der Waals surface area contributed by atoms with Gasteiger partial charge in [0.25, 0.3) is 5.91 Å². The molecule has 2 heterocycles. The van der Waals surface area contributed by atoms with Crippen LogP contribution in [0.2, 0.25) is 0 Å². The highest BCUT2D eigenvalue weighted by atomic mass is 32.1. The summed E-state index contributed by atoms with van der Waals surface area (Å²) < 4.78 is 0. The summed E-state index contributed by atoms with van der Waals surface area (Å²) in [6, 6.07) is 3.10. The molecule has 2 fully saturated rings. The Morgan fingerprint density at radius 1 is 1.20 bits per heavy atom. The van der Waals surface area contributed by atoms with Gasteiger partial charge in [-0.05, 0) is 43.0 Å². The number of aliphatic carboxylic acids is 1. The first-order valence-corrected chi connectivity index (χ1v) is 8.15. The minimum atomic E-state index is -0.862. The maximum Gasteiger partial charge on any atom is 0.326 e. The van der Waals surface area contributed by atoms with Gasteiger partial charge in [-0.3, -0.25) is 4.79 Å². The molecule has 3 unspecified atom stereocenters. The van der Waals surface area contributed by atoms with Crippen molar-refractivity contribution in [3.63, 3.8) is 0 Å². The number of carbonyl (C=O) groups excluding carboxylic acids is 1. The van der Waals surface area contributed by atoms with Crippen LogP contribution in [0.25, 0.3) is 0 Å². The van der Waals surface area contributed by atoms with E-state index in [4.69, 9.17) is 0 Å². The third-order valence-corrected chi connectivity index (χ3v) is 5.48. The first-order valence-electron chi connectivity index (χ1n) is 7.27. The normalized spacial score (nSPS) is 29.8. The number of amides is 1. The van der Waals surface area contributed by atoms with E-state index in [0.717, 1.165) is 25.7 Å². The van der Waals surface area contributed by atoms with E-state index in [0.29, 0.717) is 17.2 Å². The quantitative estimate of drug-likeness (QED) is 0.912. The van der Waals surface area contributed by atoms with E-state index in [1.165, 1.54) is 17.8 Å². The van der Waals surface area contributed by atoms with Gasteiger partial charge in [-0.25, -0.2) is 4.79 Å². The molecule has 1 aliphatic carbocycles. The number of carboxylic acid groups (broad SMARTS) is 1. The Hall–Kier alpha value is -1.36. The third kappa shape index (κ3) is 2.35. The number of nitrogens with zero attached hydrogens (tertiary/aromatic N) is 1. The number of likely N-dealkylation sites (tertiary alicyclic amines) is 1. The lowest BCUT2D eigenvalue weighted by molar-refractivity contribution is -0.146. The van der Waals surface area contributed by atoms with Crippen molar-refractivity contribution in [2.45, 2.75) is 50.6 Å². The SMILES string of the molecule is O=C(O)C1CCC2CCCCC2N1C(=O)c1cccs1. The predicted octanol–water partition coefficient (Wildman–Crippen LogP) is 3.00. The minimum Gasteiger partial charge on any atom is -0.480 e. The lowest BCUT2D eigenvalue weighted by Gasteiger charge is -2.47. The van der Waals surface area contributed by atoms with Gasteiger partial charge in [0.2, 0.25) is 0 Å². The summed E-state index contributed by atoms with van der Waals surface area (Å²) in [7, 11) is 0. The highest BCUT2D eigenvalue weighted by Crippen LogP contribution is 2.39. The summed E-state index contributed by atoms with van der Waals surface area (Å²) in [5, 5.41) is 11.3. The standard InChI is InChI=1S/C15H19NO3S/c17-14(13-6-3-9-20-13)16-11-5-2-1-4-10(11)7-8-12(16)15(18)19/h3,6,9-12H,1-2,4-5,7-8H2,(H,18,19). The number of thiophene rings is 1. The number of fused-ring (bicyclic) bond motifs is 1. The lowest BCUT2D eigenvalue weighted by atomic mass is 9.76. The van der Waals surface area contributed by atoms with Gasteiger partial charge in [0.15, 0.2) is 0 Å². The van der Waals surface area contributed by atoms with Crippen molar-refractivity contribution in [2.24, 2.45) is 5.92 Å². The summed E-state index contributed by atoms with van der Waals surface area (Å²) in [5.74, 6) is -0.466. The van der Waals surface area contributed by atoms with Gasteiger partial charge in [-0.1, -0.05) is 18.9 Å². The van der Waals surface area contributed by atoms with E-state index < -0.39 is 12.0 Å². The summed E-state index contributed by atoms with van der Waals surface area (Å²) in [6.45, 7) is 0. The largest absolute Gasteiger partial charge is 0.480 e. The van der Waals surface area contributed by atoms with Gasteiger partial charge in [0, 0.05) is 6.04 Å². The third-order valence-electron chi connectivity index (χ3n) is 4.62. The minimum absolute atomic E-state index is 0.0935. The molecule has 1 N–H and O–H groups in total.